The normalized spacial score (nSPS) is 25.2. The van der Waals surface area contributed by atoms with Crippen molar-refractivity contribution in [1.29, 1.82) is 0 Å². The van der Waals surface area contributed by atoms with E-state index in [4.69, 9.17) is 15.2 Å². The molecule has 5 rings (SSSR count). The summed E-state index contributed by atoms with van der Waals surface area (Å²) >= 11 is 0. The molecule has 0 amide bonds. The summed E-state index contributed by atoms with van der Waals surface area (Å²) in [5.74, 6) is 8.46. The quantitative estimate of drug-likeness (QED) is 0.440. The van der Waals surface area contributed by atoms with E-state index in [1.54, 1.807) is 12.3 Å². The van der Waals surface area contributed by atoms with Crippen LogP contribution in [0.25, 0.3) is 0 Å². The second-order valence-corrected chi connectivity index (χ2v) is 11.5. The van der Waals surface area contributed by atoms with Crippen LogP contribution in [0, 0.1) is 23.7 Å². The summed E-state index contributed by atoms with van der Waals surface area (Å²) < 4.78 is 12.7. The summed E-state index contributed by atoms with van der Waals surface area (Å²) in [6, 6.07) is 5.60. The van der Waals surface area contributed by atoms with Gasteiger partial charge in [0.1, 0.15) is 5.82 Å². The molecule has 4 atom stereocenters. The van der Waals surface area contributed by atoms with E-state index in [0.29, 0.717) is 24.6 Å². The number of fused-ring (bicyclic) bond motifs is 2. The van der Waals surface area contributed by atoms with E-state index < -0.39 is 6.10 Å². The lowest BCUT2D eigenvalue weighted by Crippen LogP contribution is -2.31. The number of hydrogen-bond acceptors (Lipinski definition) is 6. The van der Waals surface area contributed by atoms with Gasteiger partial charge in [-0.05, 0) is 94.2 Å². The lowest BCUT2D eigenvalue weighted by molar-refractivity contribution is -0.0186. The van der Waals surface area contributed by atoms with E-state index >= 15 is 0 Å². The number of nitrogens with zero attached hydrogens (tertiary/aromatic N) is 1. The molecule has 1 aromatic heterocycles. The Morgan fingerprint density at radius 1 is 1.11 bits per heavy atom. The van der Waals surface area contributed by atoms with Gasteiger partial charge in [-0.25, -0.2) is 4.98 Å². The van der Waals surface area contributed by atoms with Gasteiger partial charge in [0.15, 0.2) is 11.5 Å². The Morgan fingerprint density at radius 2 is 1.95 bits per heavy atom. The first kappa shape index (κ1) is 26.8. The third-order valence-corrected chi connectivity index (χ3v) is 8.57. The number of hydrogen-bond donors (Lipinski definition) is 3. The monoisotopic (exact) mass is 518 g/mol. The highest BCUT2D eigenvalue weighted by Gasteiger charge is 2.31. The number of nitrogens with two attached hydrogens (primary N) is 1. The maximum Gasteiger partial charge on any atom is 0.164 e. The maximum atomic E-state index is 11.3. The molecule has 38 heavy (non-hydrogen) atoms. The molecule has 0 saturated heterocycles. The highest BCUT2D eigenvalue weighted by molar-refractivity contribution is 5.51. The highest BCUT2D eigenvalue weighted by Crippen LogP contribution is 2.41. The van der Waals surface area contributed by atoms with Gasteiger partial charge in [0.25, 0.3) is 0 Å². The number of ether oxygens (including phenoxy) is 2. The van der Waals surface area contributed by atoms with Crippen LogP contribution in [0.4, 0.5) is 5.82 Å². The van der Waals surface area contributed by atoms with Crippen molar-refractivity contribution in [2.45, 2.75) is 109 Å². The molecule has 1 aromatic carbocycles. The molecule has 2 heterocycles. The Bertz CT molecular complexity index is 1160. The van der Waals surface area contributed by atoms with Crippen LogP contribution >= 0.6 is 0 Å². The molecule has 0 unspecified atom stereocenters. The van der Waals surface area contributed by atoms with Crippen molar-refractivity contribution in [3.63, 3.8) is 0 Å². The van der Waals surface area contributed by atoms with Crippen LogP contribution in [0.3, 0.4) is 0 Å². The second kappa shape index (κ2) is 12.4. The number of rotatable bonds is 5. The molecule has 4 N–H and O–H groups in total. The van der Waals surface area contributed by atoms with E-state index in [9.17, 15) is 10.2 Å². The number of benzene rings is 1. The van der Waals surface area contributed by atoms with Gasteiger partial charge >= 0.3 is 0 Å². The van der Waals surface area contributed by atoms with E-state index in [-0.39, 0.29) is 29.8 Å². The van der Waals surface area contributed by atoms with E-state index in [1.165, 1.54) is 24.8 Å². The van der Waals surface area contributed by atoms with Gasteiger partial charge in [-0.15, -0.1) is 0 Å². The number of aromatic nitrogens is 1. The minimum absolute atomic E-state index is 0.0351. The molecule has 2 aromatic rings. The van der Waals surface area contributed by atoms with Crippen molar-refractivity contribution < 1.29 is 19.7 Å². The molecule has 6 heteroatoms. The molecular weight excluding hydrogens is 476 g/mol. The molecule has 2 aliphatic carbocycles. The summed E-state index contributed by atoms with van der Waals surface area (Å²) in [6.45, 7) is 2.57. The summed E-state index contributed by atoms with van der Waals surface area (Å²) in [5.41, 5.74) is 10.0. The third-order valence-electron chi connectivity index (χ3n) is 8.57. The van der Waals surface area contributed by atoms with Gasteiger partial charge in [0.05, 0.1) is 24.9 Å². The zero-order valence-corrected chi connectivity index (χ0v) is 22.6. The molecular formula is C32H42N2O4. The molecule has 3 aliphatic rings. The van der Waals surface area contributed by atoms with Crippen LogP contribution in [-0.2, 0) is 24.2 Å². The first-order chi connectivity index (χ1) is 18.5. The van der Waals surface area contributed by atoms with Crippen LogP contribution in [0.5, 0.6) is 11.5 Å². The van der Waals surface area contributed by atoms with E-state index in [2.05, 4.69) is 23.7 Å². The number of aliphatic hydroxyl groups is 1. The fourth-order valence-corrected chi connectivity index (χ4v) is 6.24. The number of aliphatic hydroxyl groups excluding tert-OH is 1. The Balaban J connectivity index is 1.24. The SMILES string of the molecule is C[C@H]1C#Cc2cc(N)ncc2CO[C@H](C[C@H](O)[C@H]2CCc3c(ccc(O)c3OC3CCCCC3)C2)CCC1. The third kappa shape index (κ3) is 6.62. The van der Waals surface area contributed by atoms with Crippen molar-refractivity contribution in [1.82, 2.24) is 4.98 Å². The van der Waals surface area contributed by atoms with Crippen LogP contribution < -0.4 is 10.5 Å². The number of pyridine rings is 1. The Hall–Kier alpha value is -2.75. The van der Waals surface area contributed by atoms with E-state index in [0.717, 1.165) is 68.1 Å². The maximum absolute atomic E-state index is 11.3. The first-order valence-electron chi connectivity index (χ1n) is 14.5. The van der Waals surface area contributed by atoms with Crippen molar-refractivity contribution in [3.05, 3.63) is 46.6 Å². The molecule has 6 nitrogen and oxygen atoms in total. The van der Waals surface area contributed by atoms with Gasteiger partial charge in [0.2, 0.25) is 0 Å². The number of anilines is 1. The minimum Gasteiger partial charge on any atom is -0.504 e. The molecule has 1 fully saturated rings. The summed E-state index contributed by atoms with van der Waals surface area (Å²) in [4.78, 5) is 4.24. The Labute approximate surface area is 227 Å². The summed E-state index contributed by atoms with van der Waals surface area (Å²) in [5, 5.41) is 21.9. The largest absolute Gasteiger partial charge is 0.504 e. The molecule has 204 valence electrons. The number of nitrogen functional groups attached to an aromatic ring is 1. The summed E-state index contributed by atoms with van der Waals surface area (Å²) in [6.07, 6.45) is 13.3. The van der Waals surface area contributed by atoms with Gasteiger partial charge in [-0.2, -0.15) is 0 Å². The van der Waals surface area contributed by atoms with Crippen LogP contribution in [0.15, 0.2) is 24.4 Å². The molecule has 0 spiro atoms. The van der Waals surface area contributed by atoms with Gasteiger partial charge in [0, 0.05) is 28.8 Å². The minimum atomic E-state index is -0.451. The van der Waals surface area contributed by atoms with Crippen molar-refractivity contribution >= 4 is 5.82 Å². The van der Waals surface area contributed by atoms with Crippen LogP contribution in [-0.4, -0.2) is 33.5 Å². The molecule has 0 bridgehead atoms. The molecule has 0 radical (unpaired) electrons. The lowest BCUT2D eigenvalue weighted by atomic mass is 9.79. The van der Waals surface area contributed by atoms with Gasteiger partial charge in [-0.3, -0.25) is 0 Å². The van der Waals surface area contributed by atoms with Crippen molar-refractivity contribution in [3.8, 4) is 23.3 Å². The Kier molecular flexibility index (Phi) is 8.76. The van der Waals surface area contributed by atoms with Gasteiger partial charge in [-0.1, -0.05) is 31.3 Å². The fraction of sp³-hybridized carbons (Fsp3) is 0.594. The lowest BCUT2D eigenvalue weighted by Gasteiger charge is -2.33. The van der Waals surface area contributed by atoms with Crippen molar-refractivity contribution in [2.75, 3.05) is 5.73 Å². The standard InChI is InChI=1S/C32H42N2O4/c1-21-6-5-9-27(37-20-25-19-34-31(33)17-22(25)11-10-21)18-30(36)24-12-14-28-23(16-24)13-15-29(35)32(28)38-26-7-3-2-4-8-26/h13,15,17,19,21,24,26-27,30,35-36H,2-9,12,14,16,18,20H2,1H3,(H2,33,34)/t21-,24+,27+,30+/m1/s1. The Morgan fingerprint density at radius 3 is 2.79 bits per heavy atom. The van der Waals surface area contributed by atoms with E-state index in [1.807, 2.05) is 12.1 Å². The average molecular weight is 519 g/mol. The zero-order chi connectivity index (χ0) is 26.5. The first-order valence-corrected chi connectivity index (χ1v) is 14.5. The van der Waals surface area contributed by atoms with Crippen LogP contribution in [0.2, 0.25) is 0 Å². The second-order valence-electron chi connectivity index (χ2n) is 11.5. The average Bonchev–Trinajstić information content (AvgIpc) is 2.95. The summed E-state index contributed by atoms with van der Waals surface area (Å²) in [7, 11) is 0. The predicted molar refractivity (Wildman–Crippen MR) is 149 cm³/mol. The van der Waals surface area contributed by atoms with Crippen LogP contribution in [0.1, 0.15) is 93.4 Å². The van der Waals surface area contributed by atoms with Crippen molar-refractivity contribution in [2.24, 2.45) is 11.8 Å². The smallest absolute Gasteiger partial charge is 0.164 e. The number of phenolic OH excluding ortho intramolecular Hbond substituents is 1. The number of aromatic hydroxyl groups is 1. The molecule has 1 saturated carbocycles. The fourth-order valence-electron chi connectivity index (χ4n) is 6.24. The zero-order valence-electron chi connectivity index (χ0n) is 22.6. The number of phenols is 1. The molecule has 1 aliphatic heterocycles. The highest BCUT2D eigenvalue weighted by atomic mass is 16.5. The predicted octanol–water partition coefficient (Wildman–Crippen LogP) is 5.69. The topological polar surface area (TPSA) is 97.8 Å². The van der Waals surface area contributed by atoms with Gasteiger partial charge < -0.3 is 25.4 Å².